The van der Waals surface area contributed by atoms with E-state index >= 15 is 0 Å². The summed E-state index contributed by atoms with van der Waals surface area (Å²) in [6, 6.07) is 11.6. The molecule has 2 aromatic rings. The normalized spacial score (nSPS) is 12.5. The first-order valence-corrected chi connectivity index (χ1v) is 5.75. The Balaban J connectivity index is 1.88. The monoisotopic (exact) mass is 242 g/mol. The van der Waals surface area contributed by atoms with Gasteiger partial charge < -0.3 is 20.5 Å². The molecule has 0 saturated heterocycles. The molecule has 0 fully saturated rings. The summed E-state index contributed by atoms with van der Waals surface area (Å²) in [4.78, 5) is 0. The summed E-state index contributed by atoms with van der Waals surface area (Å²) in [7, 11) is 0. The Labute approximate surface area is 105 Å². The Bertz CT molecular complexity index is 596. The van der Waals surface area contributed by atoms with Crippen LogP contribution >= 0.6 is 0 Å². The number of nitrogens with one attached hydrogen (secondary N) is 1. The average molecular weight is 242 g/mol. The van der Waals surface area contributed by atoms with Gasteiger partial charge >= 0.3 is 0 Å². The molecule has 0 aromatic heterocycles. The summed E-state index contributed by atoms with van der Waals surface area (Å²) in [6.07, 6.45) is 0. The highest BCUT2D eigenvalue weighted by Gasteiger charge is 2.13. The first-order valence-electron chi connectivity index (χ1n) is 5.75. The second kappa shape index (κ2) is 4.14. The molecule has 1 aliphatic rings. The molecule has 0 bridgehead atoms. The van der Waals surface area contributed by atoms with Gasteiger partial charge in [0.2, 0.25) is 6.79 Å². The smallest absolute Gasteiger partial charge is 0.231 e. The molecule has 0 radical (unpaired) electrons. The molecule has 0 atom stereocenters. The van der Waals surface area contributed by atoms with E-state index in [0.717, 1.165) is 34.1 Å². The van der Waals surface area contributed by atoms with Crippen LogP contribution in [0.15, 0.2) is 36.4 Å². The highest BCUT2D eigenvalue weighted by molar-refractivity contribution is 5.68. The van der Waals surface area contributed by atoms with Gasteiger partial charge in [0.25, 0.3) is 0 Å². The predicted molar refractivity (Wildman–Crippen MR) is 71.4 cm³/mol. The van der Waals surface area contributed by atoms with Crippen molar-refractivity contribution in [1.82, 2.24) is 0 Å². The van der Waals surface area contributed by atoms with Gasteiger partial charge in [-0.15, -0.1) is 0 Å². The van der Waals surface area contributed by atoms with Crippen LogP contribution in [0.2, 0.25) is 0 Å². The second-order valence-corrected chi connectivity index (χ2v) is 4.27. The Hall–Kier alpha value is -2.36. The lowest BCUT2D eigenvalue weighted by Crippen LogP contribution is -1.95. The van der Waals surface area contributed by atoms with Crippen molar-refractivity contribution < 1.29 is 9.47 Å². The maximum atomic E-state index is 5.73. The minimum atomic E-state index is 0.291. The van der Waals surface area contributed by atoms with Crippen molar-refractivity contribution in [3.8, 4) is 11.5 Å². The summed E-state index contributed by atoms with van der Waals surface area (Å²) in [5.41, 5.74) is 9.60. The van der Waals surface area contributed by atoms with Gasteiger partial charge in [0.1, 0.15) is 0 Å². The van der Waals surface area contributed by atoms with Crippen molar-refractivity contribution in [2.45, 2.75) is 6.92 Å². The van der Waals surface area contributed by atoms with Crippen LogP contribution in [0.4, 0.5) is 17.1 Å². The number of nitrogen functional groups attached to an aromatic ring is 1. The van der Waals surface area contributed by atoms with Gasteiger partial charge in [0.05, 0.1) is 0 Å². The quantitative estimate of drug-likeness (QED) is 0.795. The van der Waals surface area contributed by atoms with E-state index in [2.05, 4.69) is 5.32 Å². The number of fused-ring (bicyclic) bond motifs is 1. The zero-order valence-corrected chi connectivity index (χ0v) is 10.1. The predicted octanol–water partition coefficient (Wildman–Crippen LogP) is 3.05. The van der Waals surface area contributed by atoms with Gasteiger partial charge in [-0.1, -0.05) is 0 Å². The van der Waals surface area contributed by atoms with E-state index in [1.165, 1.54) is 0 Å². The lowest BCUT2D eigenvalue weighted by molar-refractivity contribution is 0.174. The first-order chi connectivity index (χ1) is 8.72. The minimum absolute atomic E-state index is 0.291. The van der Waals surface area contributed by atoms with E-state index in [9.17, 15) is 0 Å². The summed E-state index contributed by atoms with van der Waals surface area (Å²) >= 11 is 0. The minimum Gasteiger partial charge on any atom is -0.454 e. The highest BCUT2D eigenvalue weighted by Crippen LogP contribution is 2.35. The Morgan fingerprint density at radius 3 is 2.72 bits per heavy atom. The fourth-order valence-corrected chi connectivity index (χ4v) is 1.96. The molecule has 0 saturated carbocycles. The largest absolute Gasteiger partial charge is 0.454 e. The lowest BCUT2D eigenvalue weighted by atomic mass is 10.1. The third-order valence-corrected chi connectivity index (χ3v) is 2.90. The maximum Gasteiger partial charge on any atom is 0.231 e. The van der Waals surface area contributed by atoms with E-state index in [4.69, 9.17) is 15.2 Å². The summed E-state index contributed by atoms with van der Waals surface area (Å²) in [5, 5.41) is 3.34. The third-order valence-electron chi connectivity index (χ3n) is 2.90. The molecule has 4 nitrogen and oxygen atoms in total. The fourth-order valence-electron chi connectivity index (χ4n) is 1.96. The third kappa shape index (κ3) is 1.93. The van der Waals surface area contributed by atoms with E-state index in [0.29, 0.717) is 6.79 Å². The zero-order valence-electron chi connectivity index (χ0n) is 10.1. The molecule has 3 N–H and O–H groups in total. The van der Waals surface area contributed by atoms with Crippen molar-refractivity contribution in [1.29, 1.82) is 0 Å². The first kappa shape index (κ1) is 10.8. The number of benzene rings is 2. The summed E-state index contributed by atoms with van der Waals surface area (Å²) in [5.74, 6) is 1.56. The SMILES string of the molecule is Cc1cc(N)ccc1Nc1ccc2c(c1)OCO2. The molecule has 0 spiro atoms. The number of rotatable bonds is 2. The number of hydrogen-bond acceptors (Lipinski definition) is 4. The van der Waals surface area contributed by atoms with Crippen LogP contribution in [0, 0.1) is 6.92 Å². The summed E-state index contributed by atoms with van der Waals surface area (Å²) < 4.78 is 10.6. The van der Waals surface area contributed by atoms with Crippen LogP contribution in [0.3, 0.4) is 0 Å². The molecule has 92 valence electrons. The van der Waals surface area contributed by atoms with Crippen molar-refractivity contribution >= 4 is 17.1 Å². The van der Waals surface area contributed by atoms with Gasteiger partial charge in [-0.05, 0) is 42.8 Å². The van der Waals surface area contributed by atoms with Gasteiger partial charge in [-0.2, -0.15) is 0 Å². The second-order valence-electron chi connectivity index (χ2n) is 4.27. The Morgan fingerprint density at radius 2 is 1.89 bits per heavy atom. The fraction of sp³-hybridized carbons (Fsp3) is 0.143. The van der Waals surface area contributed by atoms with Gasteiger partial charge in [-0.3, -0.25) is 0 Å². The molecular formula is C14H14N2O2. The van der Waals surface area contributed by atoms with Crippen LogP contribution in [-0.2, 0) is 0 Å². The molecule has 0 amide bonds. The molecule has 1 aliphatic heterocycles. The molecule has 3 rings (SSSR count). The van der Waals surface area contributed by atoms with E-state index in [1.807, 2.05) is 43.3 Å². The molecular weight excluding hydrogens is 228 g/mol. The van der Waals surface area contributed by atoms with Crippen molar-refractivity contribution in [2.75, 3.05) is 17.8 Å². The van der Waals surface area contributed by atoms with Crippen molar-refractivity contribution in [3.63, 3.8) is 0 Å². The maximum absolute atomic E-state index is 5.73. The molecule has 1 heterocycles. The Kier molecular flexibility index (Phi) is 2.48. The van der Waals surface area contributed by atoms with Crippen molar-refractivity contribution in [2.24, 2.45) is 0 Å². The van der Waals surface area contributed by atoms with Gasteiger partial charge in [-0.25, -0.2) is 0 Å². The van der Waals surface area contributed by atoms with Crippen LogP contribution in [0.5, 0.6) is 11.5 Å². The molecule has 2 aromatic carbocycles. The molecule has 0 unspecified atom stereocenters. The van der Waals surface area contributed by atoms with E-state index < -0.39 is 0 Å². The summed E-state index contributed by atoms with van der Waals surface area (Å²) in [6.45, 7) is 2.31. The number of aryl methyl sites for hydroxylation is 1. The number of nitrogens with two attached hydrogens (primary N) is 1. The standard InChI is InChI=1S/C14H14N2O2/c1-9-6-10(15)2-4-12(9)16-11-3-5-13-14(7-11)18-8-17-13/h2-7,16H,8,15H2,1H3. The molecule has 4 heteroatoms. The van der Waals surface area contributed by atoms with Crippen LogP contribution in [0.25, 0.3) is 0 Å². The lowest BCUT2D eigenvalue weighted by Gasteiger charge is -2.10. The van der Waals surface area contributed by atoms with Crippen molar-refractivity contribution in [3.05, 3.63) is 42.0 Å². The van der Waals surface area contributed by atoms with Crippen LogP contribution in [-0.4, -0.2) is 6.79 Å². The number of anilines is 3. The number of hydrogen-bond donors (Lipinski definition) is 2. The topological polar surface area (TPSA) is 56.5 Å². The van der Waals surface area contributed by atoms with Crippen LogP contribution < -0.4 is 20.5 Å². The average Bonchev–Trinajstić information content (AvgIpc) is 2.80. The number of ether oxygens (including phenoxy) is 2. The Morgan fingerprint density at radius 1 is 1.06 bits per heavy atom. The van der Waals surface area contributed by atoms with E-state index in [-0.39, 0.29) is 0 Å². The van der Waals surface area contributed by atoms with Crippen LogP contribution in [0.1, 0.15) is 5.56 Å². The van der Waals surface area contributed by atoms with Gasteiger partial charge in [0, 0.05) is 23.1 Å². The highest BCUT2D eigenvalue weighted by atomic mass is 16.7. The van der Waals surface area contributed by atoms with Gasteiger partial charge in [0.15, 0.2) is 11.5 Å². The molecule has 18 heavy (non-hydrogen) atoms. The van der Waals surface area contributed by atoms with E-state index in [1.54, 1.807) is 0 Å². The molecule has 0 aliphatic carbocycles. The zero-order chi connectivity index (χ0) is 12.5.